The third-order valence-electron chi connectivity index (χ3n) is 6.60. The van der Waals surface area contributed by atoms with Crippen molar-refractivity contribution in [2.24, 2.45) is 0 Å². The Kier molecular flexibility index (Phi) is 27.4. The van der Waals surface area contributed by atoms with Crippen LogP contribution in [0.4, 0.5) is 9.59 Å². The maximum atomic E-state index is 11.8. The number of halogens is 2. The molecule has 3 rings (SSSR count). The maximum Gasteiger partial charge on any atom is 0.410 e. The van der Waals surface area contributed by atoms with Crippen LogP contribution in [0.2, 0.25) is 0 Å². The molecule has 3 heterocycles. The first-order chi connectivity index (χ1) is 22.9. The highest BCUT2D eigenvalue weighted by Crippen LogP contribution is 2.14. The van der Waals surface area contributed by atoms with Crippen LogP contribution in [-0.2, 0) is 38.6 Å². The lowest BCUT2D eigenvalue weighted by molar-refractivity contribution is 0.0190. The van der Waals surface area contributed by atoms with Gasteiger partial charge >= 0.3 is 12.2 Å². The van der Waals surface area contributed by atoms with E-state index in [1.807, 2.05) is 55.4 Å². The Hall–Kier alpha value is -1.19. The van der Waals surface area contributed by atoms with Crippen LogP contribution in [-0.4, -0.2) is 163 Å². The third-order valence-corrected chi connectivity index (χ3v) is 11.7. The normalized spacial score (nSPS) is 17.6. The van der Waals surface area contributed by atoms with Gasteiger partial charge in [-0.3, -0.25) is 0 Å². The predicted molar refractivity (Wildman–Crippen MR) is 207 cm³/mol. The molecule has 308 valence electrons. The second kappa shape index (κ2) is 25.8. The molecule has 3 aliphatic heterocycles. The summed E-state index contributed by atoms with van der Waals surface area (Å²) in [5, 5.41) is 6.29. The Balaban J connectivity index is -0.000000621. The van der Waals surface area contributed by atoms with Crippen LogP contribution >= 0.6 is 23.1 Å². The molecule has 3 fully saturated rings. The molecule has 2 N–H and O–H groups in total. The second-order valence-electron chi connectivity index (χ2n) is 12.9. The topological polar surface area (TPSA) is 192 Å². The van der Waals surface area contributed by atoms with Crippen molar-refractivity contribution in [3.8, 4) is 0 Å². The molecule has 2 amide bonds. The van der Waals surface area contributed by atoms with Gasteiger partial charge in [0, 0.05) is 89.2 Å². The monoisotopic (exact) mass is 836 g/mol. The number of carbonyl (C=O) groups excluding carboxylic acids is 2. The first kappa shape index (κ1) is 54.2. The molecule has 0 aromatic rings. The van der Waals surface area contributed by atoms with E-state index in [-0.39, 0.29) is 47.5 Å². The van der Waals surface area contributed by atoms with Gasteiger partial charge in [-0.1, -0.05) is 20.8 Å². The third kappa shape index (κ3) is 26.3. The van der Waals surface area contributed by atoms with E-state index in [0.29, 0.717) is 39.3 Å². The number of ether oxygens (including phenoxy) is 2. The zero-order valence-electron chi connectivity index (χ0n) is 32.5. The van der Waals surface area contributed by atoms with Gasteiger partial charge in [-0.05, 0) is 55.4 Å². The summed E-state index contributed by atoms with van der Waals surface area (Å²) < 4.78 is 78.8. The van der Waals surface area contributed by atoms with E-state index in [9.17, 15) is 34.8 Å². The number of carbonyl (C=O) groups is 2. The first-order valence-electron chi connectivity index (χ1n) is 17.1. The summed E-state index contributed by atoms with van der Waals surface area (Å²) >= 11 is 0. The van der Waals surface area contributed by atoms with Crippen LogP contribution in [0.25, 0.3) is 0 Å². The van der Waals surface area contributed by atoms with E-state index < -0.39 is 34.7 Å². The fraction of sp³-hybridized carbons (Fsp3) is 0.933. The second-order valence-corrected chi connectivity index (χ2v) is 20.4. The van der Waals surface area contributed by atoms with Crippen LogP contribution < -0.4 is 10.6 Å². The highest BCUT2D eigenvalue weighted by atomic mass is 35.7. The molecule has 16 nitrogen and oxygen atoms in total. The summed E-state index contributed by atoms with van der Waals surface area (Å²) in [5.41, 5.74) is -0.911. The summed E-state index contributed by atoms with van der Waals surface area (Å²) in [4.78, 5) is 26.6. The fourth-order valence-corrected chi connectivity index (χ4v) is 6.13. The SMILES string of the molecule is CC.CC(C)(C)OC(=O)N1CCNCC1.CCS(=O)(=O)Cl.CCS(=O)(=O)N1CCN(C(=O)OC(C)(C)C)CC1.CCS(=O)(=O)N1CCNCC1.Cl. The van der Waals surface area contributed by atoms with Crippen LogP contribution in [0.15, 0.2) is 0 Å². The number of nitrogens with one attached hydrogen (secondary N) is 2. The van der Waals surface area contributed by atoms with Gasteiger partial charge < -0.3 is 29.9 Å². The van der Waals surface area contributed by atoms with Gasteiger partial charge in [-0.2, -0.15) is 8.61 Å². The summed E-state index contributed by atoms with van der Waals surface area (Å²) in [6, 6.07) is 0. The van der Waals surface area contributed by atoms with Gasteiger partial charge in [0.2, 0.25) is 29.1 Å². The molecule has 0 spiro atoms. The lowest BCUT2D eigenvalue weighted by Gasteiger charge is -2.34. The number of piperazine rings is 3. The highest BCUT2D eigenvalue weighted by Gasteiger charge is 2.30. The van der Waals surface area contributed by atoms with Crippen molar-refractivity contribution in [1.29, 1.82) is 0 Å². The molecule has 21 heteroatoms. The lowest BCUT2D eigenvalue weighted by atomic mass is 10.2. The van der Waals surface area contributed by atoms with E-state index in [1.165, 1.54) is 11.2 Å². The number of nitrogens with zero attached hydrogens (tertiary/aromatic N) is 4. The lowest BCUT2D eigenvalue weighted by Crippen LogP contribution is -2.51. The van der Waals surface area contributed by atoms with Gasteiger partial charge in [-0.25, -0.2) is 34.8 Å². The Morgan fingerprint density at radius 2 is 0.843 bits per heavy atom. The summed E-state index contributed by atoms with van der Waals surface area (Å²) in [5.74, 6) is 0.320. The molecule has 3 saturated heterocycles. The van der Waals surface area contributed by atoms with Crippen molar-refractivity contribution < 1.29 is 44.3 Å². The van der Waals surface area contributed by atoms with Crippen LogP contribution in [0.5, 0.6) is 0 Å². The molecular formula is C30H66Cl2N6O10S3. The smallest absolute Gasteiger partial charge is 0.410 e. The average molecular weight is 838 g/mol. The van der Waals surface area contributed by atoms with E-state index in [2.05, 4.69) is 21.3 Å². The van der Waals surface area contributed by atoms with Gasteiger partial charge in [0.05, 0.1) is 17.3 Å². The van der Waals surface area contributed by atoms with Gasteiger partial charge in [0.25, 0.3) is 0 Å². The molecule has 0 atom stereocenters. The van der Waals surface area contributed by atoms with Crippen molar-refractivity contribution in [3.05, 3.63) is 0 Å². The molecule has 0 unspecified atom stereocenters. The van der Waals surface area contributed by atoms with Crippen LogP contribution in [0.1, 0.15) is 76.2 Å². The predicted octanol–water partition coefficient (Wildman–Crippen LogP) is 2.98. The number of amides is 2. The number of hydrogen-bond acceptors (Lipinski definition) is 12. The Morgan fingerprint density at radius 3 is 1.12 bits per heavy atom. The summed E-state index contributed by atoms with van der Waals surface area (Å²) in [6.07, 6.45) is -0.579. The number of hydrogen-bond donors (Lipinski definition) is 2. The zero-order chi connectivity index (χ0) is 39.4. The minimum Gasteiger partial charge on any atom is -0.444 e. The average Bonchev–Trinajstić information content (AvgIpc) is 3.05. The number of rotatable bonds is 5. The largest absolute Gasteiger partial charge is 0.444 e. The Morgan fingerprint density at radius 1 is 0.569 bits per heavy atom. The van der Waals surface area contributed by atoms with Crippen LogP contribution in [0, 0.1) is 0 Å². The summed E-state index contributed by atoms with van der Waals surface area (Å²) in [6.45, 7) is 27.3. The molecular weight excluding hydrogens is 771 g/mol. The minimum atomic E-state index is -3.19. The van der Waals surface area contributed by atoms with E-state index in [4.69, 9.17) is 9.47 Å². The molecule has 0 aromatic heterocycles. The van der Waals surface area contributed by atoms with Gasteiger partial charge in [0.15, 0.2) is 0 Å². The van der Waals surface area contributed by atoms with Crippen molar-refractivity contribution in [1.82, 2.24) is 29.0 Å². The van der Waals surface area contributed by atoms with Crippen molar-refractivity contribution >= 4 is 64.4 Å². The van der Waals surface area contributed by atoms with Crippen molar-refractivity contribution in [2.75, 3.05) is 95.8 Å². The molecule has 3 aliphatic rings. The quantitative estimate of drug-likeness (QED) is 0.386. The van der Waals surface area contributed by atoms with E-state index in [1.54, 1.807) is 28.0 Å². The minimum absolute atomic E-state index is 0. The molecule has 0 saturated carbocycles. The Bertz CT molecular complexity index is 1290. The van der Waals surface area contributed by atoms with E-state index >= 15 is 0 Å². The van der Waals surface area contributed by atoms with Crippen molar-refractivity contribution in [3.63, 3.8) is 0 Å². The highest BCUT2D eigenvalue weighted by molar-refractivity contribution is 8.13. The fourth-order valence-electron chi connectivity index (χ4n) is 3.94. The first-order valence-corrected chi connectivity index (χ1v) is 22.8. The molecule has 51 heavy (non-hydrogen) atoms. The molecule has 0 aliphatic carbocycles. The molecule has 0 bridgehead atoms. The molecule has 0 aromatic carbocycles. The Labute approximate surface area is 319 Å². The van der Waals surface area contributed by atoms with Gasteiger partial charge in [0.1, 0.15) is 11.2 Å². The standard InChI is InChI=1S/C11H22N2O4S.C9H18N2O2.C6H14N2O2S.C2H5ClO2S.C2H6.ClH/c1-5-18(15,16)13-8-6-12(7-9-13)10(14)17-11(2,3)4;1-9(2,3)13-8(12)11-6-4-10-5-7-11;1-2-11(9,10)8-5-3-7-4-6-8;1-2-6(3,4)5;1-2;/h5-9H2,1-4H3;10H,4-7H2,1-3H3;7H,2-6H2,1H3;2H2,1H3;1-2H3;1H. The molecule has 0 radical (unpaired) electrons. The van der Waals surface area contributed by atoms with Crippen LogP contribution in [0.3, 0.4) is 0 Å². The number of sulfonamides is 2. The van der Waals surface area contributed by atoms with Gasteiger partial charge in [-0.15, -0.1) is 12.4 Å². The maximum absolute atomic E-state index is 11.8. The zero-order valence-corrected chi connectivity index (χ0v) is 36.5. The summed E-state index contributed by atoms with van der Waals surface area (Å²) in [7, 11) is -4.58. The van der Waals surface area contributed by atoms with E-state index in [0.717, 1.165) is 39.3 Å². The van der Waals surface area contributed by atoms with Crippen molar-refractivity contribution in [2.45, 2.75) is 87.4 Å².